The molecule has 1 amide bonds. The number of hydrogen-bond donors (Lipinski definition) is 2. The molecule has 1 unspecified atom stereocenters. The molecule has 3 heterocycles. The van der Waals surface area contributed by atoms with Crippen molar-refractivity contribution in [3.8, 4) is 5.75 Å². The van der Waals surface area contributed by atoms with Gasteiger partial charge in [0.05, 0.1) is 24.1 Å². The van der Waals surface area contributed by atoms with Gasteiger partial charge < -0.3 is 20.7 Å². The largest absolute Gasteiger partial charge is 0.486 e. The summed E-state index contributed by atoms with van der Waals surface area (Å²) in [6, 6.07) is 0. The van der Waals surface area contributed by atoms with E-state index in [1.807, 2.05) is 4.90 Å². The minimum Gasteiger partial charge on any atom is -0.486 e. The van der Waals surface area contributed by atoms with Crippen molar-refractivity contribution >= 4 is 11.9 Å². The van der Waals surface area contributed by atoms with Gasteiger partial charge in [0.2, 0.25) is 11.9 Å². The van der Waals surface area contributed by atoms with Crippen molar-refractivity contribution in [1.29, 1.82) is 0 Å². The van der Waals surface area contributed by atoms with Crippen LogP contribution in [0.3, 0.4) is 0 Å². The number of halogens is 1. The predicted molar refractivity (Wildman–Crippen MR) is 87.3 cm³/mol. The predicted octanol–water partition coefficient (Wildman–Crippen LogP) is 0.774. The van der Waals surface area contributed by atoms with Crippen LogP contribution in [0.2, 0.25) is 0 Å². The molecule has 1 spiro atoms. The Hall–Kier alpha value is -2.22. The summed E-state index contributed by atoms with van der Waals surface area (Å²) in [4.78, 5) is 22.8. The monoisotopic (exact) mass is 335 g/mol. The van der Waals surface area contributed by atoms with Crippen LogP contribution in [0.5, 0.6) is 5.75 Å². The average Bonchev–Trinajstić information content (AvgIpc) is 2.96. The zero-order valence-corrected chi connectivity index (χ0v) is 13.5. The Bertz CT molecular complexity index is 621. The van der Waals surface area contributed by atoms with Crippen molar-refractivity contribution in [3.05, 3.63) is 24.3 Å². The van der Waals surface area contributed by atoms with Crippen molar-refractivity contribution in [1.82, 2.24) is 15.3 Å². The third-order valence-corrected chi connectivity index (χ3v) is 4.69. The molecule has 2 saturated heterocycles. The topological polar surface area (TPSA) is 93.4 Å². The summed E-state index contributed by atoms with van der Waals surface area (Å²) >= 11 is 0. The van der Waals surface area contributed by atoms with Crippen LogP contribution in [0.15, 0.2) is 24.3 Å². The highest BCUT2D eigenvalue weighted by atomic mass is 19.1. The third kappa shape index (κ3) is 3.33. The maximum Gasteiger partial charge on any atom is 0.228 e. The van der Waals surface area contributed by atoms with Gasteiger partial charge in [0.25, 0.3) is 0 Å². The fourth-order valence-electron chi connectivity index (χ4n) is 3.27. The lowest BCUT2D eigenvalue weighted by Gasteiger charge is -2.38. The van der Waals surface area contributed by atoms with E-state index < -0.39 is 0 Å². The van der Waals surface area contributed by atoms with Crippen LogP contribution >= 0.6 is 0 Å². The highest BCUT2D eigenvalue weighted by Crippen LogP contribution is 2.37. The molecule has 0 aliphatic carbocycles. The molecular weight excluding hydrogens is 313 g/mol. The third-order valence-electron chi connectivity index (χ3n) is 4.69. The Morgan fingerprint density at radius 2 is 2.25 bits per heavy atom. The second-order valence-electron chi connectivity index (χ2n) is 6.29. The number of aromatic nitrogens is 2. The summed E-state index contributed by atoms with van der Waals surface area (Å²) in [5.41, 5.74) is 5.44. The molecule has 0 aromatic carbocycles. The van der Waals surface area contributed by atoms with Crippen LogP contribution in [0.1, 0.15) is 19.3 Å². The molecule has 2 aliphatic heterocycles. The van der Waals surface area contributed by atoms with E-state index in [2.05, 4.69) is 15.3 Å². The molecule has 1 aromatic rings. The van der Waals surface area contributed by atoms with Crippen molar-refractivity contribution in [2.75, 3.05) is 37.7 Å². The summed E-state index contributed by atoms with van der Waals surface area (Å²) in [7, 11) is 0. The van der Waals surface area contributed by atoms with Gasteiger partial charge in [-0.15, -0.1) is 0 Å². The quantitative estimate of drug-likeness (QED) is 0.826. The molecule has 2 aliphatic rings. The molecule has 3 N–H and O–H groups in total. The lowest BCUT2D eigenvalue weighted by molar-refractivity contribution is -0.128. The smallest absolute Gasteiger partial charge is 0.228 e. The van der Waals surface area contributed by atoms with Gasteiger partial charge in [-0.3, -0.25) is 4.79 Å². The van der Waals surface area contributed by atoms with Crippen molar-refractivity contribution in [2.24, 2.45) is 11.1 Å². The normalized spacial score (nSPS) is 24.3. The highest BCUT2D eigenvalue weighted by molar-refractivity contribution is 5.85. The van der Waals surface area contributed by atoms with Crippen LogP contribution < -0.4 is 20.7 Å². The summed E-state index contributed by atoms with van der Waals surface area (Å²) in [5.74, 6) is 1.18. The molecule has 8 heteroatoms. The van der Waals surface area contributed by atoms with E-state index >= 15 is 0 Å². The van der Waals surface area contributed by atoms with Gasteiger partial charge in [-0.2, -0.15) is 0 Å². The molecule has 0 radical (unpaired) electrons. The van der Waals surface area contributed by atoms with Crippen LogP contribution in [-0.4, -0.2) is 48.7 Å². The average molecular weight is 335 g/mol. The molecule has 0 bridgehead atoms. The Kier molecular flexibility index (Phi) is 4.94. The van der Waals surface area contributed by atoms with Crippen LogP contribution in [-0.2, 0) is 4.79 Å². The number of carbonyl (C=O) groups is 1. The van der Waals surface area contributed by atoms with Crippen molar-refractivity contribution in [3.63, 3.8) is 0 Å². The number of rotatable bonds is 5. The standard InChI is InChI=1S/C16H22FN5O2/c17-6-12(7-18)10-24-13-8-20-15(21-9-13)22-5-1-2-16(11-22)3-4-19-14(16)23/h6,8-9H,1-5,7,10-11,18H2,(H,19,23)/b12-6+. The van der Waals surface area contributed by atoms with E-state index in [4.69, 9.17) is 10.5 Å². The van der Waals surface area contributed by atoms with Gasteiger partial charge in [-0.1, -0.05) is 0 Å². The summed E-state index contributed by atoms with van der Waals surface area (Å²) in [6.45, 7) is 2.39. The first-order valence-electron chi connectivity index (χ1n) is 8.13. The van der Waals surface area contributed by atoms with Crippen LogP contribution in [0.4, 0.5) is 10.3 Å². The first-order valence-corrected chi connectivity index (χ1v) is 8.13. The highest BCUT2D eigenvalue weighted by Gasteiger charge is 2.45. The first-order chi connectivity index (χ1) is 11.7. The Balaban J connectivity index is 1.64. The number of piperidine rings is 1. The van der Waals surface area contributed by atoms with E-state index in [0.717, 1.165) is 32.4 Å². The zero-order chi connectivity index (χ0) is 17.0. The molecule has 0 saturated carbocycles. The number of carbonyl (C=O) groups excluding carboxylic acids is 1. The van der Waals surface area contributed by atoms with Crippen molar-refractivity contribution in [2.45, 2.75) is 19.3 Å². The summed E-state index contributed by atoms with van der Waals surface area (Å²) < 4.78 is 17.9. The number of amides is 1. The second-order valence-corrected chi connectivity index (χ2v) is 6.29. The number of ether oxygens (including phenoxy) is 1. The maximum absolute atomic E-state index is 12.5. The van der Waals surface area contributed by atoms with E-state index in [9.17, 15) is 9.18 Å². The number of hydrogen-bond acceptors (Lipinski definition) is 6. The fraction of sp³-hybridized carbons (Fsp3) is 0.562. The molecule has 2 fully saturated rings. The Labute approximate surface area is 140 Å². The molecule has 1 aromatic heterocycles. The van der Waals surface area contributed by atoms with Gasteiger partial charge in [0, 0.05) is 31.8 Å². The molecule has 24 heavy (non-hydrogen) atoms. The Morgan fingerprint density at radius 3 is 2.88 bits per heavy atom. The SMILES string of the molecule is NC/C(=C\F)COc1cnc(N2CCCC3(CCNC3=O)C2)nc1. The van der Waals surface area contributed by atoms with Gasteiger partial charge in [-0.05, 0) is 19.3 Å². The fourth-order valence-corrected chi connectivity index (χ4v) is 3.27. The molecule has 7 nitrogen and oxygen atoms in total. The van der Waals surface area contributed by atoms with Crippen molar-refractivity contribution < 1.29 is 13.9 Å². The number of nitrogens with zero attached hydrogens (tertiary/aromatic N) is 3. The first kappa shape index (κ1) is 16.6. The zero-order valence-electron chi connectivity index (χ0n) is 13.5. The summed E-state index contributed by atoms with van der Waals surface area (Å²) in [5, 5.41) is 2.93. The van der Waals surface area contributed by atoms with Crippen LogP contribution in [0, 0.1) is 5.41 Å². The summed E-state index contributed by atoms with van der Waals surface area (Å²) in [6.07, 6.45) is 6.29. The van der Waals surface area contributed by atoms with Crippen LogP contribution in [0.25, 0.3) is 0 Å². The maximum atomic E-state index is 12.5. The lowest BCUT2D eigenvalue weighted by atomic mass is 9.78. The lowest BCUT2D eigenvalue weighted by Crippen LogP contribution is -2.47. The van der Waals surface area contributed by atoms with E-state index in [0.29, 0.717) is 30.1 Å². The molecular formula is C16H22FN5O2. The van der Waals surface area contributed by atoms with Gasteiger partial charge >= 0.3 is 0 Å². The van der Waals surface area contributed by atoms with E-state index in [1.165, 1.54) is 0 Å². The van der Waals surface area contributed by atoms with Gasteiger partial charge in [0.15, 0.2) is 5.75 Å². The molecule has 130 valence electrons. The molecule has 1 atom stereocenters. The van der Waals surface area contributed by atoms with E-state index in [1.54, 1.807) is 12.4 Å². The van der Waals surface area contributed by atoms with E-state index in [-0.39, 0.29) is 24.5 Å². The number of anilines is 1. The number of nitrogens with two attached hydrogens (primary N) is 1. The minimum absolute atomic E-state index is 0.0721. The Morgan fingerprint density at radius 1 is 1.46 bits per heavy atom. The molecule has 3 rings (SSSR count). The number of nitrogens with one attached hydrogen (secondary N) is 1. The van der Waals surface area contributed by atoms with Gasteiger partial charge in [0.1, 0.15) is 6.61 Å². The second kappa shape index (κ2) is 7.12. The minimum atomic E-state index is -0.307. The van der Waals surface area contributed by atoms with Gasteiger partial charge in [-0.25, -0.2) is 14.4 Å².